The van der Waals surface area contributed by atoms with Crippen molar-refractivity contribution in [1.29, 1.82) is 0 Å². The molecule has 0 aromatic heterocycles. The maximum absolute atomic E-state index is 3.23. The first-order chi connectivity index (χ1) is 7.83. The fraction of sp³-hybridized carbons (Fsp3) is 0.167. The Hall–Kier alpha value is 0.760. The van der Waals surface area contributed by atoms with Crippen molar-refractivity contribution in [3.05, 3.63) is 60.7 Å². The molecule has 0 heterocycles. The van der Waals surface area contributed by atoms with Gasteiger partial charge in [0.2, 0.25) is 0 Å². The van der Waals surface area contributed by atoms with Gasteiger partial charge in [-0.25, -0.2) is 24.3 Å². The van der Waals surface area contributed by atoms with E-state index in [0.717, 1.165) is 9.52 Å². The van der Waals surface area contributed by atoms with E-state index < -0.39 is 0 Å². The molecule has 0 saturated heterocycles. The van der Waals surface area contributed by atoms with Crippen LogP contribution in [-0.4, -0.2) is 9.52 Å². The molecule has 0 aliphatic heterocycles. The molecular formula is C12H17Br2SiZr. The van der Waals surface area contributed by atoms with E-state index in [1.165, 1.54) is 0 Å². The topological polar surface area (TPSA) is 0 Å². The minimum Gasteiger partial charge on any atom is -0.214 e. The van der Waals surface area contributed by atoms with Crippen LogP contribution in [0.5, 0.6) is 0 Å². The van der Waals surface area contributed by atoms with E-state index in [2.05, 4.69) is 37.5 Å². The quantitative estimate of drug-likeness (QED) is 0.399. The molecule has 0 aliphatic carbocycles. The van der Waals surface area contributed by atoms with E-state index in [9.17, 15) is 0 Å². The monoisotopic (exact) mass is 437 g/mol. The minimum absolute atomic E-state index is 0.145. The van der Waals surface area contributed by atoms with Gasteiger partial charge in [-0.05, 0) is 0 Å². The van der Waals surface area contributed by atoms with Crippen LogP contribution in [0.2, 0.25) is 13.1 Å². The third kappa shape index (κ3) is 24.1. The first-order valence-corrected chi connectivity index (χ1v) is 18.4. The summed E-state index contributed by atoms with van der Waals surface area (Å²) < 4.78 is 0. The van der Waals surface area contributed by atoms with Gasteiger partial charge in [0.25, 0.3) is 0 Å². The molecule has 0 spiro atoms. The second-order valence-corrected chi connectivity index (χ2v) is 15.1. The fourth-order valence-corrected chi connectivity index (χ4v) is 0.642. The van der Waals surface area contributed by atoms with Crippen molar-refractivity contribution in [2.45, 2.75) is 13.1 Å². The number of halogens is 2. The summed E-state index contributed by atoms with van der Waals surface area (Å²) >= 11 is 6.32. The first-order valence-electron chi connectivity index (χ1n) is 4.87. The first kappa shape index (κ1) is 19.1. The number of hydrogen-bond acceptors (Lipinski definition) is 0. The summed E-state index contributed by atoms with van der Waals surface area (Å²) in [6.07, 6.45) is 0. The maximum atomic E-state index is 3.23. The summed E-state index contributed by atoms with van der Waals surface area (Å²) in [5.74, 6) is 0. The van der Waals surface area contributed by atoms with Gasteiger partial charge >= 0.3 is 43.0 Å². The predicted molar refractivity (Wildman–Crippen MR) is 80.8 cm³/mol. The van der Waals surface area contributed by atoms with Crippen LogP contribution < -0.4 is 0 Å². The second kappa shape index (κ2) is 21.1. The molecule has 0 nitrogen and oxygen atoms in total. The molecule has 0 atom stereocenters. The summed E-state index contributed by atoms with van der Waals surface area (Å²) in [6, 6.07) is 20.0. The average molecular weight is 440 g/mol. The van der Waals surface area contributed by atoms with Crippen molar-refractivity contribution in [2.75, 3.05) is 0 Å². The van der Waals surface area contributed by atoms with Crippen LogP contribution in [0.3, 0.4) is 0 Å². The van der Waals surface area contributed by atoms with Crippen molar-refractivity contribution < 1.29 is 18.5 Å². The Morgan fingerprint density at radius 3 is 1.06 bits per heavy atom. The Balaban J connectivity index is 0. The zero-order chi connectivity index (χ0) is 12.5. The largest absolute Gasteiger partial charge is 0.214 e. The summed E-state index contributed by atoms with van der Waals surface area (Å²) in [5, 5.41) is 0. The van der Waals surface area contributed by atoms with Crippen LogP contribution >= 0.6 is 24.4 Å². The molecule has 87 valence electrons. The SMILES string of the molecule is C[SiH]C.[Br][Zr+2][Br].c1cc[cH-]c1.c1cc[cH-]c1. The van der Waals surface area contributed by atoms with Crippen molar-refractivity contribution in [2.24, 2.45) is 0 Å². The van der Waals surface area contributed by atoms with E-state index in [1.54, 1.807) is 0 Å². The maximum Gasteiger partial charge on any atom is -0.172 e. The van der Waals surface area contributed by atoms with Gasteiger partial charge in [-0.2, -0.15) is 36.4 Å². The minimum atomic E-state index is -0.145. The Bertz CT molecular complexity index is 181. The van der Waals surface area contributed by atoms with Crippen molar-refractivity contribution in [3.8, 4) is 0 Å². The molecule has 2 rings (SSSR count). The Morgan fingerprint density at radius 1 is 0.812 bits per heavy atom. The van der Waals surface area contributed by atoms with Crippen molar-refractivity contribution >= 4 is 34.0 Å². The van der Waals surface area contributed by atoms with E-state index in [0.29, 0.717) is 0 Å². The number of rotatable bonds is 0. The molecule has 16 heavy (non-hydrogen) atoms. The molecule has 0 amide bonds. The molecule has 1 radical (unpaired) electrons. The third-order valence-corrected chi connectivity index (χ3v) is 1.11. The molecule has 4 heteroatoms. The Morgan fingerprint density at radius 2 is 1.00 bits per heavy atom. The second-order valence-electron chi connectivity index (χ2n) is 2.57. The molecule has 0 saturated carbocycles. The normalized spacial score (nSPS) is 6.75. The number of hydrogen-bond donors (Lipinski definition) is 0. The third-order valence-electron chi connectivity index (χ3n) is 1.11. The van der Waals surface area contributed by atoms with Crippen LogP contribution in [0, 0.1) is 0 Å². The zero-order valence-corrected chi connectivity index (χ0v) is 16.4. The molecule has 0 fully saturated rings. The summed E-state index contributed by atoms with van der Waals surface area (Å²) in [4.78, 5) is 0. The molecule has 2 aromatic rings. The molecule has 2 aromatic carbocycles. The van der Waals surface area contributed by atoms with E-state index in [-0.39, 0.29) is 18.5 Å². The smallest absolute Gasteiger partial charge is 0.172 e. The Labute approximate surface area is 125 Å². The summed E-state index contributed by atoms with van der Waals surface area (Å²) in [6.45, 7) is 4.42. The fourth-order valence-electron chi connectivity index (χ4n) is 0.642. The molecule has 0 N–H and O–H groups in total. The van der Waals surface area contributed by atoms with Crippen LogP contribution in [-0.2, 0) is 18.5 Å². The van der Waals surface area contributed by atoms with Gasteiger partial charge in [0.1, 0.15) is 0 Å². The average Bonchev–Trinajstić information content (AvgIpc) is 3.00. The van der Waals surface area contributed by atoms with E-state index in [4.69, 9.17) is 0 Å². The van der Waals surface area contributed by atoms with Crippen LogP contribution in [0.1, 0.15) is 0 Å². The van der Waals surface area contributed by atoms with Crippen LogP contribution in [0.15, 0.2) is 60.7 Å². The van der Waals surface area contributed by atoms with Gasteiger partial charge in [0, 0.05) is 9.52 Å². The van der Waals surface area contributed by atoms with Crippen LogP contribution in [0.25, 0.3) is 0 Å². The van der Waals surface area contributed by atoms with Crippen molar-refractivity contribution in [1.82, 2.24) is 0 Å². The molecule has 0 unspecified atom stereocenters. The predicted octanol–water partition coefficient (Wildman–Crippen LogP) is 5.02. The zero-order valence-electron chi connectivity index (χ0n) is 9.61. The Kier molecular flexibility index (Phi) is 25.2. The van der Waals surface area contributed by atoms with Gasteiger partial charge in [0.15, 0.2) is 0 Å². The molecule has 0 aliphatic rings. The van der Waals surface area contributed by atoms with Crippen LogP contribution in [0.4, 0.5) is 0 Å². The van der Waals surface area contributed by atoms with Gasteiger partial charge in [-0.1, -0.05) is 13.1 Å². The van der Waals surface area contributed by atoms with Gasteiger partial charge in [-0.3, -0.25) is 0 Å². The summed E-state index contributed by atoms with van der Waals surface area (Å²) in [5.41, 5.74) is 0. The summed E-state index contributed by atoms with van der Waals surface area (Å²) in [7, 11) is 0.750. The molecular weight excluding hydrogens is 423 g/mol. The van der Waals surface area contributed by atoms with E-state index >= 15 is 0 Å². The standard InChI is InChI=1S/2C5H5.C2H7Si.2BrH.Zr/c2*1-2-4-5-3-1;1-3-2;;;/h2*1-5H;3H,1-2H3;2*1H;/q2*-1;;;;+4/p-2. The van der Waals surface area contributed by atoms with E-state index in [1.807, 2.05) is 60.7 Å². The van der Waals surface area contributed by atoms with Gasteiger partial charge in [-0.15, -0.1) is 0 Å². The molecule has 0 bridgehead atoms. The van der Waals surface area contributed by atoms with Crippen molar-refractivity contribution in [3.63, 3.8) is 0 Å². The van der Waals surface area contributed by atoms with Gasteiger partial charge in [0.05, 0.1) is 0 Å². The van der Waals surface area contributed by atoms with Gasteiger partial charge < -0.3 is 0 Å².